The van der Waals surface area contributed by atoms with Crippen LogP contribution in [-0.4, -0.2) is 51.4 Å². The zero-order valence-corrected chi connectivity index (χ0v) is 12.7. The van der Waals surface area contributed by atoms with Crippen molar-refractivity contribution in [3.05, 3.63) is 12.1 Å². The van der Waals surface area contributed by atoms with Crippen molar-refractivity contribution in [2.75, 3.05) is 18.4 Å². The summed E-state index contributed by atoms with van der Waals surface area (Å²) < 4.78 is 5.37. The fourth-order valence-corrected chi connectivity index (χ4v) is 2.21. The molecule has 2 heterocycles. The number of carbonyl (C=O) groups excluding carboxylic acids is 1. The number of aliphatic carboxylic acids is 1. The highest BCUT2D eigenvalue weighted by atomic mass is 16.5. The molecule has 2 N–H and O–H groups in total. The maximum absolute atomic E-state index is 12.1. The first-order chi connectivity index (χ1) is 10.5. The number of carboxylic acid groups (broad SMARTS) is 1. The van der Waals surface area contributed by atoms with Gasteiger partial charge in [-0.25, -0.2) is 4.79 Å². The molecule has 0 aromatic carbocycles. The first-order valence-electron chi connectivity index (χ1n) is 7.25. The zero-order chi connectivity index (χ0) is 16.1. The Balaban J connectivity index is 1.86. The number of urea groups is 1. The summed E-state index contributed by atoms with van der Waals surface area (Å²) in [4.78, 5) is 24.5. The molecule has 2 amide bonds. The Morgan fingerprint density at radius 2 is 2.00 bits per heavy atom. The largest absolute Gasteiger partial charge is 0.481 e. The number of hydrogen-bond acceptors (Lipinski definition) is 5. The maximum Gasteiger partial charge on any atom is 0.323 e. The molecule has 1 aromatic heterocycles. The quantitative estimate of drug-likeness (QED) is 0.875. The average Bonchev–Trinajstić information content (AvgIpc) is 2.49. The molecular formula is C14H20N4O4. The van der Waals surface area contributed by atoms with Crippen molar-refractivity contribution in [2.24, 2.45) is 5.92 Å². The van der Waals surface area contributed by atoms with Crippen LogP contribution in [0.15, 0.2) is 12.1 Å². The topological polar surface area (TPSA) is 105 Å². The maximum atomic E-state index is 12.1. The van der Waals surface area contributed by atoms with Crippen LogP contribution in [-0.2, 0) is 4.79 Å². The highest BCUT2D eigenvalue weighted by Crippen LogP contribution is 2.18. The number of piperidine rings is 1. The van der Waals surface area contributed by atoms with Gasteiger partial charge in [-0.05, 0) is 32.8 Å². The second-order valence-corrected chi connectivity index (χ2v) is 5.45. The number of nitrogens with one attached hydrogen (secondary N) is 1. The normalized spacial score (nSPS) is 15.7. The van der Waals surface area contributed by atoms with Crippen LogP contribution in [0.5, 0.6) is 5.88 Å². The molecule has 1 fully saturated rings. The Morgan fingerprint density at radius 1 is 1.32 bits per heavy atom. The second kappa shape index (κ2) is 7.06. The minimum Gasteiger partial charge on any atom is -0.481 e. The van der Waals surface area contributed by atoms with Crippen LogP contribution in [0.25, 0.3) is 0 Å². The highest BCUT2D eigenvalue weighted by Gasteiger charge is 2.27. The molecule has 0 spiro atoms. The molecule has 22 heavy (non-hydrogen) atoms. The van der Waals surface area contributed by atoms with Gasteiger partial charge in [0.2, 0.25) is 5.88 Å². The van der Waals surface area contributed by atoms with E-state index in [1.165, 1.54) is 0 Å². The van der Waals surface area contributed by atoms with E-state index >= 15 is 0 Å². The minimum atomic E-state index is -0.799. The van der Waals surface area contributed by atoms with Crippen molar-refractivity contribution in [1.82, 2.24) is 15.1 Å². The summed E-state index contributed by atoms with van der Waals surface area (Å²) in [5.41, 5.74) is 0. The molecule has 1 aromatic rings. The third-order valence-corrected chi connectivity index (χ3v) is 3.36. The number of nitrogens with zero attached hydrogens (tertiary/aromatic N) is 3. The van der Waals surface area contributed by atoms with Crippen LogP contribution in [0.1, 0.15) is 26.7 Å². The summed E-state index contributed by atoms with van der Waals surface area (Å²) in [6.07, 6.45) is 0.941. The van der Waals surface area contributed by atoms with Gasteiger partial charge in [0.15, 0.2) is 5.82 Å². The van der Waals surface area contributed by atoms with Crippen molar-refractivity contribution in [2.45, 2.75) is 32.8 Å². The molecule has 1 saturated heterocycles. The van der Waals surface area contributed by atoms with Crippen LogP contribution in [0.3, 0.4) is 0 Å². The predicted octanol–water partition coefficient (Wildman–Crippen LogP) is 1.59. The van der Waals surface area contributed by atoms with Crippen molar-refractivity contribution in [3.63, 3.8) is 0 Å². The Morgan fingerprint density at radius 3 is 2.50 bits per heavy atom. The molecule has 1 aliphatic rings. The van der Waals surface area contributed by atoms with E-state index in [4.69, 9.17) is 9.84 Å². The van der Waals surface area contributed by atoms with Crippen molar-refractivity contribution in [1.29, 1.82) is 0 Å². The van der Waals surface area contributed by atoms with Crippen LogP contribution in [0.2, 0.25) is 0 Å². The van der Waals surface area contributed by atoms with Crippen molar-refractivity contribution in [3.8, 4) is 5.88 Å². The lowest BCUT2D eigenvalue weighted by Crippen LogP contribution is -2.42. The summed E-state index contributed by atoms with van der Waals surface area (Å²) >= 11 is 0. The van der Waals surface area contributed by atoms with E-state index in [0.29, 0.717) is 37.6 Å². The Kier molecular flexibility index (Phi) is 5.13. The second-order valence-electron chi connectivity index (χ2n) is 5.45. The number of carbonyl (C=O) groups is 2. The van der Waals surface area contributed by atoms with E-state index in [1.54, 1.807) is 17.0 Å². The van der Waals surface area contributed by atoms with Crippen molar-refractivity contribution >= 4 is 17.8 Å². The van der Waals surface area contributed by atoms with Crippen molar-refractivity contribution < 1.29 is 19.4 Å². The smallest absolute Gasteiger partial charge is 0.323 e. The third kappa shape index (κ3) is 4.31. The minimum absolute atomic E-state index is 0.00488. The van der Waals surface area contributed by atoms with Gasteiger partial charge >= 0.3 is 12.0 Å². The van der Waals surface area contributed by atoms with E-state index in [1.807, 2.05) is 13.8 Å². The SMILES string of the molecule is CC(C)Oc1ccc(NC(=O)N2CCC(C(=O)O)CC2)nn1. The summed E-state index contributed by atoms with van der Waals surface area (Å²) in [6.45, 7) is 4.62. The van der Waals surface area contributed by atoms with E-state index < -0.39 is 5.97 Å². The lowest BCUT2D eigenvalue weighted by Gasteiger charge is -2.29. The number of rotatable bonds is 4. The molecule has 0 radical (unpaired) electrons. The molecule has 8 nitrogen and oxygen atoms in total. The molecule has 120 valence electrons. The van der Waals surface area contributed by atoms with Gasteiger partial charge in [0, 0.05) is 19.2 Å². The molecule has 1 aliphatic heterocycles. The highest BCUT2D eigenvalue weighted by molar-refractivity contribution is 5.88. The Hall–Kier alpha value is -2.38. The molecule has 0 atom stereocenters. The fraction of sp³-hybridized carbons (Fsp3) is 0.571. The average molecular weight is 308 g/mol. The zero-order valence-electron chi connectivity index (χ0n) is 12.7. The summed E-state index contributed by atoms with van der Waals surface area (Å²) in [7, 11) is 0. The molecule has 0 saturated carbocycles. The van der Waals surface area contributed by atoms with Gasteiger partial charge in [-0.15, -0.1) is 10.2 Å². The Bertz CT molecular complexity index is 524. The summed E-state index contributed by atoms with van der Waals surface area (Å²) in [5, 5.41) is 19.3. The monoisotopic (exact) mass is 308 g/mol. The molecular weight excluding hydrogens is 288 g/mol. The lowest BCUT2D eigenvalue weighted by molar-refractivity contribution is -0.143. The van der Waals surface area contributed by atoms with Gasteiger partial charge in [0.25, 0.3) is 0 Å². The lowest BCUT2D eigenvalue weighted by atomic mass is 9.97. The molecule has 0 bridgehead atoms. The van der Waals surface area contributed by atoms with E-state index in [-0.39, 0.29) is 18.1 Å². The number of ether oxygens (including phenoxy) is 1. The first kappa shape index (κ1) is 16.0. The Labute approximate surface area is 128 Å². The molecule has 2 rings (SSSR count). The van der Waals surface area contributed by atoms with Crippen LogP contribution in [0, 0.1) is 5.92 Å². The molecule has 0 aliphatic carbocycles. The predicted molar refractivity (Wildman–Crippen MR) is 78.7 cm³/mol. The van der Waals surface area contributed by atoms with Gasteiger partial charge in [0.1, 0.15) is 0 Å². The summed E-state index contributed by atoms with van der Waals surface area (Å²) in [6, 6.07) is 2.96. The van der Waals surface area contributed by atoms with E-state index in [0.717, 1.165) is 0 Å². The van der Waals surface area contributed by atoms with Gasteiger partial charge in [-0.3, -0.25) is 10.1 Å². The van der Waals surface area contributed by atoms with Crippen LogP contribution < -0.4 is 10.1 Å². The van der Waals surface area contributed by atoms with Crippen LogP contribution >= 0.6 is 0 Å². The molecule has 8 heteroatoms. The standard InChI is InChI=1S/C14H20N4O4/c1-9(2)22-12-4-3-11(16-17-12)15-14(21)18-7-5-10(6-8-18)13(19)20/h3-4,9-10H,5-8H2,1-2H3,(H,19,20)(H,15,16,21). The third-order valence-electron chi connectivity index (χ3n) is 3.36. The molecule has 0 unspecified atom stereocenters. The number of amides is 2. The fourth-order valence-electron chi connectivity index (χ4n) is 2.21. The number of carboxylic acids is 1. The van der Waals surface area contributed by atoms with Gasteiger partial charge in [-0.1, -0.05) is 0 Å². The number of anilines is 1. The number of hydrogen-bond donors (Lipinski definition) is 2. The number of aromatic nitrogens is 2. The number of likely N-dealkylation sites (tertiary alicyclic amines) is 1. The van der Waals surface area contributed by atoms with Gasteiger partial charge < -0.3 is 14.7 Å². The van der Waals surface area contributed by atoms with Crippen LogP contribution in [0.4, 0.5) is 10.6 Å². The first-order valence-corrected chi connectivity index (χ1v) is 7.25. The van der Waals surface area contributed by atoms with Gasteiger partial charge in [-0.2, -0.15) is 0 Å². The van der Waals surface area contributed by atoms with E-state index in [2.05, 4.69) is 15.5 Å². The van der Waals surface area contributed by atoms with Gasteiger partial charge in [0.05, 0.1) is 12.0 Å². The van der Waals surface area contributed by atoms with E-state index in [9.17, 15) is 9.59 Å². The summed E-state index contributed by atoms with van der Waals surface area (Å²) in [5.74, 6) is -0.431.